The summed E-state index contributed by atoms with van der Waals surface area (Å²) in [5.74, 6) is -4.46. The summed E-state index contributed by atoms with van der Waals surface area (Å²) in [4.78, 5) is 82.0. The first-order valence-electron chi connectivity index (χ1n) is 27.5. The fourth-order valence-corrected chi connectivity index (χ4v) is 11.9. The molecule has 1 fully saturated rings. The number of aromatic amines is 1. The number of aliphatic hydroxyl groups is 1. The van der Waals surface area contributed by atoms with Crippen LogP contribution < -0.4 is 15.4 Å². The second-order valence-electron chi connectivity index (χ2n) is 22.8. The largest absolute Gasteiger partial charge is 0.491 e. The zero-order valence-electron chi connectivity index (χ0n) is 47.1. The van der Waals surface area contributed by atoms with Crippen molar-refractivity contribution in [1.82, 2.24) is 35.3 Å². The minimum atomic E-state index is -1.63. The molecule has 9 rings (SSSR count). The van der Waals surface area contributed by atoms with E-state index in [1.807, 2.05) is 55.1 Å². The molecule has 3 aliphatic heterocycles. The van der Waals surface area contributed by atoms with E-state index in [0.717, 1.165) is 49.6 Å². The number of carbonyl (C=O) groups excluding carboxylic acids is 5. The van der Waals surface area contributed by atoms with E-state index < -0.39 is 89.1 Å². The zero-order valence-corrected chi connectivity index (χ0v) is 47.9. The van der Waals surface area contributed by atoms with Crippen LogP contribution in [0.2, 0.25) is 0 Å². The van der Waals surface area contributed by atoms with Gasteiger partial charge in [-0.05, 0) is 74.4 Å². The topological polar surface area (TPSA) is 205 Å². The second kappa shape index (κ2) is 25.2. The van der Waals surface area contributed by atoms with Gasteiger partial charge in [-0.15, -0.1) is 11.3 Å². The molecule has 5 heterocycles. The number of hydrogen-bond acceptors (Lipinski definition) is 13. The van der Waals surface area contributed by atoms with Gasteiger partial charge in [0.15, 0.2) is 0 Å². The number of amides is 5. The van der Waals surface area contributed by atoms with Crippen LogP contribution in [0, 0.1) is 24.0 Å². The third kappa shape index (κ3) is 13.4. The van der Waals surface area contributed by atoms with Crippen molar-refractivity contribution < 1.29 is 61.2 Å². The number of H-pyrrole nitrogens is 1. The van der Waals surface area contributed by atoms with E-state index in [1.54, 1.807) is 62.7 Å². The first kappa shape index (κ1) is 59.6. The SMILES string of the molecule is Cc1ncsc1-c1ccc([C@@H](CN2C(=O)c3ccccc3C2=O)NC(=O)[C@@H]2C[C@@H](O)CN2C(=O)[C@@H](NC(=O)COCCOCCOCCOc2cc(F)c(C3c4[nH]c5ccccc5c4C[C@@H](C)N3CC(C)(C)F)c(F)c2)C(C)(C)C)cc1. The number of alkyl halides is 1. The van der Waals surface area contributed by atoms with Crippen molar-refractivity contribution >= 4 is 51.8 Å². The van der Waals surface area contributed by atoms with E-state index in [9.17, 15) is 29.1 Å². The number of hydrogen-bond donors (Lipinski definition) is 4. The molecule has 5 amide bonds. The number of carbonyl (C=O) groups is 5. The number of likely N-dealkylation sites (tertiary alicyclic amines) is 1. The van der Waals surface area contributed by atoms with Gasteiger partial charge in [-0.1, -0.05) is 75.4 Å². The molecule has 1 unspecified atom stereocenters. The first-order valence-corrected chi connectivity index (χ1v) is 28.4. The standard InChI is InChI=1S/C61H70F3N7O10S/c1-35-26-44-41-12-10-11-15-47(41)66-52(44)53(71(35)33-61(6,7)64)51-45(62)28-40(29-46(51)63)81-25-24-79-21-20-78-22-23-80-32-50(73)68-55(60(3,4)5)59(77)69-30-39(72)27-49(69)56(74)67-48(31-70-57(75)42-13-8-9-14-43(42)58(70)76)37-16-18-38(19-17-37)54-36(2)65-34-82-54/h8-19,28-29,34-35,39,48-49,53,55,66,72H,20-27,30-33H2,1-7H3,(H,67,74)(H,68,73)/t35-,39-,48-,49+,53?,55-/m1/s1. The van der Waals surface area contributed by atoms with Crippen molar-refractivity contribution in [2.24, 2.45) is 5.41 Å². The fraction of sp³-hybridized carbons (Fsp3) is 0.443. The number of nitrogens with one attached hydrogen (secondary N) is 3. The van der Waals surface area contributed by atoms with Crippen molar-refractivity contribution in [3.8, 4) is 16.2 Å². The van der Waals surface area contributed by atoms with Crippen LogP contribution in [-0.4, -0.2) is 155 Å². The quantitative estimate of drug-likeness (QED) is 0.0356. The third-order valence-corrected chi connectivity index (χ3v) is 16.0. The van der Waals surface area contributed by atoms with Crippen molar-refractivity contribution in [2.45, 2.75) is 103 Å². The Balaban J connectivity index is 0.729. The Bertz CT molecular complexity index is 3250. The van der Waals surface area contributed by atoms with Gasteiger partial charge in [0.25, 0.3) is 11.8 Å². The highest BCUT2D eigenvalue weighted by Gasteiger charge is 2.46. The Morgan fingerprint density at radius 2 is 1.48 bits per heavy atom. The van der Waals surface area contributed by atoms with Crippen LogP contribution in [0.4, 0.5) is 13.2 Å². The summed E-state index contributed by atoms with van der Waals surface area (Å²) in [6.45, 7) is 11.7. The number of thiazole rings is 1. The number of aliphatic hydroxyl groups excluding tert-OH is 1. The predicted molar refractivity (Wildman–Crippen MR) is 302 cm³/mol. The van der Waals surface area contributed by atoms with Crippen molar-refractivity contribution in [2.75, 3.05) is 65.9 Å². The highest BCUT2D eigenvalue weighted by atomic mass is 32.1. The van der Waals surface area contributed by atoms with E-state index in [-0.39, 0.29) is 94.2 Å². The van der Waals surface area contributed by atoms with Crippen LogP contribution >= 0.6 is 11.3 Å². The fourth-order valence-electron chi connectivity index (χ4n) is 11.1. The van der Waals surface area contributed by atoms with E-state index in [0.29, 0.717) is 17.7 Å². The Hall–Kier alpha value is -7.01. The Kier molecular flexibility index (Phi) is 18.3. The van der Waals surface area contributed by atoms with Crippen LogP contribution in [0.5, 0.6) is 5.75 Å². The molecule has 2 aromatic heterocycles. The number of fused-ring (bicyclic) bond motifs is 4. The number of benzene rings is 4. The number of halogens is 3. The van der Waals surface area contributed by atoms with E-state index in [4.69, 9.17) is 18.9 Å². The lowest BCUT2D eigenvalue weighted by atomic mass is 9.85. The second-order valence-corrected chi connectivity index (χ2v) is 23.7. The van der Waals surface area contributed by atoms with Gasteiger partial charge in [0.05, 0.1) is 85.0 Å². The lowest BCUT2D eigenvalue weighted by molar-refractivity contribution is -0.144. The Labute approximate surface area is 478 Å². The molecule has 0 saturated carbocycles. The van der Waals surface area contributed by atoms with Crippen LogP contribution in [-0.2, 0) is 35.0 Å². The zero-order chi connectivity index (χ0) is 58.6. The molecule has 4 aromatic carbocycles. The van der Waals surface area contributed by atoms with E-state index >= 15 is 13.2 Å². The first-order chi connectivity index (χ1) is 39.1. The Morgan fingerprint density at radius 1 is 0.854 bits per heavy atom. The summed E-state index contributed by atoms with van der Waals surface area (Å²) in [7, 11) is 0. The maximum Gasteiger partial charge on any atom is 0.261 e. The number of para-hydroxylation sites is 1. The minimum absolute atomic E-state index is 0.0127. The van der Waals surface area contributed by atoms with Crippen molar-refractivity contribution in [3.63, 3.8) is 0 Å². The number of aromatic nitrogens is 2. The summed E-state index contributed by atoms with van der Waals surface area (Å²) in [5, 5.41) is 17.6. The molecule has 21 heteroatoms. The molecule has 0 bridgehead atoms. The molecule has 82 heavy (non-hydrogen) atoms. The summed E-state index contributed by atoms with van der Waals surface area (Å²) >= 11 is 1.48. The molecule has 436 valence electrons. The van der Waals surface area contributed by atoms with Crippen molar-refractivity contribution in [1.29, 1.82) is 0 Å². The summed E-state index contributed by atoms with van der Waals surface area (Å²) in [5.41, 5.74) is 4.36. The van der Waals surface area contributed by atoms with Gasteiger partial charge in [0, 0.05) is 59.8 Å². The van der Waals surface area contributed by atoms with Crippen LogP contribution in [0.15, 0.2) is 90.4 Å². The molecule has 0 spiro atoms. The average Bonchev–Trinajstić information content (AvgIpc) is 2.57. The third-order valence-electron chi connectivity index (χ3n) is 15.0. The number of β-amino-alcohol motifs (C(OH)–C–C–N with tert-alkyl or cyclic N) is 1. The van der Waals surface area contributed by atoms with Gasteiger partial charge in [0.2, 0.25) is 17.7 Å². The van der Waals surface area contributed by atoms with Gasteiger partial charge >= 0.3 is 0 Å². The molecule has 6 atom stereocenters. The summed E-state index contributed by atoms with van der Waals surface area (Å²) in [6.07, 6.45) is -0.565. The summed E-state index contributed by atoms with van der Waals surface area (Å²) < 4.78 is 69.8. The van der Waals surface area contributed by atoms with Crippen LogP contribution in [0.25, 0.3) is 21.3 Å². The van der Waals surface area contributed by atoms with Crippen molar-refractivity contribution in [3.05, 3.63) is 141 Å². The van der Waals surface area contributed by atoms with Gasteiger partial charge in [-0.25, -0.2) is 18.2 Å². The van der Waals surface area contributed by atoms with Crippen LogP contribution in [0.1, 0.15) is 109 Å². The van der Waals surface area contributed by atoms with Gasteiger partial charge in [-0.3, -0.25) is 33.8 Å². The molecule has 17 nitrogen and oxygen atoms in total. The number of imide groups is 1. The number of nitrogens with zero attached hydrogens (tertiary/aromatic N) is 4. The maximum atomic E-state index is 16.1. The Morgan fingerprint density at radius 3 is 2.10 bits per heavy atom. The van der Waals surface area contributed by atoms with E-state index in [1.165, 1.54) is 30.1 Å². The monoisotopic (exact) mass is 1150 g/mol. The van der Waals surface area contributed by atoms with Gasteiger partial charge < -0.3 is 44.6 Å². The molecule has 3 aliphatic rings. The predicted octanol–water partition coefficient (Wildman–Crippen LogP) is 8.04. The highest BCUT2D eigenvalue weighted by Crippen LogP contribution is 2.44. The van der Waals surface area contributed by atoms with Crippen LogP contribution in [0.3, 0.4) is 0 Å². The maximum absolute atomic E-state index is 16.1. The average molecular weight is 1150 g/mol. The molecule has 0 aliphatic carbocycles. The lowest BCUT2D eigenvalue weighted by Crippen LogP contribution is -2.58. The number of rotatable bonds is 23. The normalized spacial score (nSPS) is 19.1. The molecule has 1 saturated heterocycles. The van der Waals surface area contributed by atoms with Gasteiger partial charge in [-0.2, -0.15) is 0 Å². The number of ether oxygens (including phenoxy) is 4. The molecular weight excluding hydrogens is 1080 g/mol. The lowest BCUT2D eigenvalue weighted by Gasteiger charge is -2.43. The molecule has 4 N–H and O–H groups in total. The highest BCUT2D eigenvalue weighted by molar-refractivity contribution is 7.13. The smallest absolute Gasteiger partial charge is 0.261 e. The minimum Gasteiger partial charge on any atom is -0.491 e. The molecule has 6 aromatic rings. The number of aryl methyl sites for hydroxylation is 1. The van der Waals surface area contributed by atoms with E-state index in [2.05, 4.69) is 20.6 Å². The molecule has 0 radical (unpaired) electrons. The van der Waals surface area contributed by atoms with Gasteiger partial charge in [0.1, 0.15) is 48.4 Å². The summed E-state index contributed by atoms with van der Waals surface area (Å²) in [6, 6.07) is 19.5. The molecular formula is C61H70F3N7O10S.